The van der Waals surface area contributed by atoms with E-state index in [1.54, 1.807) is 0 Å². The molecule has 0 atom stereocenters. The summed E-state index contributed by atoms with van der Waals surface area (Å²) in [7, 11) is 1.93. The summed E-state index contributed by atoms with van der Waals surface area (Å²) < 4.78 is 3.76. The van der Waals surface area contributed by atoms with E-state index in [1.165, 1.54) is 0 Å². The summed E-state index contributed by atoms with van der Waals surface area (Å²) in [6.45, 7) is 4.32. The Hall–Kier alpha value is -2.10. The van der Waals surface area contributed by atoms with E-state index in [-0.39, 0.29) is 5.91 Å². The number of rotatable bonds is 3. The number of hydrogen-bond donors (Lipinski definition) is 1. The van der Waals surface area contributed by atoms with Crippen LogP contribution in [-0.4, -0.2) is 10.5 Å². The first kappa shape index (κ1) is 12.4. The lowest BCUT2D eigenvalue weighted by molar-refractivity contribution is -0.683. The Balaban J connectivity index is 2.08. The molecule has 0 fully saturated rings. The van der Waals surface area contributed by atoms with Gasteiger partial charge in [0.2, 0.25) is 6.33 Å². The fraction of sp³-hybridized carbons (Fsp3) is 0.286. The summed E-state index contributed by atoms with van der Waals surface area (Å²) >= 11 is 0. The lowest BCUT2D eigenvalue weighted by atomic mass is 10.1. The number of nitrogens with zero attached hydrogens (tertiary/aromatic N) is 2. The lowest BCUT2D eigenvalue weighted by Crippen LogP contribution is -2.38. The van der Waals surface area contributed by atoms with Crippen molar-refractivity contribution < 1.29 is 9.36 Å². The maximum Gasteiger partial charge on any atom is 0.266 e. The van der Waals surface area contributed by atoms with Gasteiger partial charge in [-0.25, -0.2) is 9.13 Å². The molecule has 0 spiro atoms. The van der Waals surface area contributed by atoms with Crippen LogP contribution in [0.3, 0.4) is 0 Å². The van der Waals surface area contributed by atoms with E-state index in [0.29, 0.717) is 6.54 Å². The van der Waals surface area contributed by atoms with E-state index >= 15 is 0 Å². The van der Waals surface area contributed by atoms with Crippen molar-refractivity contribution in [2.45, 2.75) is 20.4 Å². The van der Waals surface area contributed by atoms with Gasteiger partial charge < -0.3 is 5.32 Å². The minimum atomic E-state index is -0.0106. The normalized spacial score (nSPS) is 10.4. The lowest BCUT2D eigenvalue weighted by Gasteiger charge is -2.10. The zero-order valence-electron chi connectivity index (χ0n) is 11.0. The Morgan fingerprint density at radius 2 is 2.00 bits per heavy atom. The predicted molar refractivity (Wildman–Crippen MR) is 70.2 cm³/mol. The molecule has 1 aromatic carbocycles. The largest absolute Gasteiger partial charge is 0.322 e. The van der Waals surface area contributed by atoms with Crippen LogP contribution in [-0.2, 0) is 18.4 Å². The molecule has 2 rings (SSSR count). The molecular weight excluding hydrogens is 226 g/mol. The van der Waals surface area contributed by atoms with Crippen LogP contribution in [0.2, 0.25) is 0 Å². The highest BCUT2D eigenvalue weighted by Crippen LogP contribution is 2.18. The van der Waals surface area contributed by atoms with E-state index in [2.05, 4.69) is 5.32 Å². The molecular formula is C14H18N3O+. The smallest absolute Gasteiger partial charge is 0.266 e. The molecule has 0 bridgehead atoms. The van der Waals surface area contributed by atoms with Crippen molar-refractivity contribution in [1.29, 1.82) is 0 Å². The number of carbonyl (C=O) groups excluding carboxylic acids is 1. The molecule has 0 unspecified atom stereocenters. The number of hydrogen-bond acceptors (Lipinski definition) is 1. The number of amides is 1. The number of benzene rings is 1. The average Bonchev–Trinajstić information content (AvgIpc) is 2.69. The monoisotopic (exact) mass is 244 g/mol. The van der Waals surface area contributed by atoms with Crippen molar-refractivity contribution in [2.24, 2.45) is 7.05 Å². The van der Waals surface area contributed by atoms with Gasteiger partial charge in [0.15, 0.2) is 6.54 Å². The summed E-state index contributed by atoms with van der Waals surface area (Å²) in [4.78, 5) is 12.0. The number of imidazole rings is 1. The molecule has 1 heterocycles. The average molecular weight is 244 g/mol. The van der Waals surface area contributed by atoms with Crippen molar-refractivity contribution in [3.05, 3.63) is 48.0 Å². The molecule has 1 aromatic heterocycles. The number of carbonyl (C=O) groups is 1. The molecule has 4 nitrogen and oxygen atoms in total. The Morgan fingerprint density at radius 1 is 1.33 bits per heavy atom. The Morgan fingerprint density at radius 3 is 2.56 bits per heavy atom. The van der Waals surface area contributed by atoms with Crippen LogP contribution in [0.5, 0.6) is 0 Å². The Bertz CT molecular complexity index is 552. The zero-order valence-corrected chi connectivity index (χ0v) is 11.0. The SMILES string of the molecule is Cc1cccc(C)c1NC(=O)C[n+]1ccn(C)c1. The highest BCUT2D eigenvalue weighted by Gasteiger charge is 2.10. The first-order valence-corrected chi connectivity index (χ1v) is 5.93. The van der Waals surface area contributed by atoms with Crippen LogP contribution in [0.4, 0.5) is 5.69 Å². The van der Waals surface area contributed by atoms with Crippen LogP contribution in [0.1, 0.15) is 11.1 Å². The standard InChI is InChI=1S/C14H17N3O/c1-11-5-4-6-12(2)14(11)15-13(18)9-17-8-7-16(3)10-17/h4-8,10H,9H2,1-3H3/p+1. The first-order valence-electron chi connectivity index (χ1n) is 5.93. The summed E-state index contributed by atoms with van der Waals surface area (Å²) in [5.74, 6) is -0.0106. The van der Waals surface area contributed by atoms with Gasteiger partial charge in [0.05, 0.1) is 7.05 Å². The molecule has 0 aliphatic carbocycles. The van der Waals surface area contributed by atoms with Crippen molar-refractivity contribution in [1.82, 2.24) is 4.57 Å². The van der Waals surface area contributed by atoms with E-state index in [9.17, 15) is 4.79 Å². The van der Waals surface area contributed by atoms with E-state index in [1.807, 2.05) is 66.9 Å². The molecule has 1 amide bonds. The van der Waals surface area contributed by atoms with Crippen LogP contribution < -0.4 is 9.88 Å². The quantitative estimate of drug-likeness (QED) is 0.818. The van der Waals surface area contributed by atoms with Crippen LogP contribution >= 0.6 is 0 Å². The van der Waals surface area contributed by atoms with Gasteiger partial charge in [0.25, 0.3) is 5.91 Å². The number of anilines is 1. The number of para-hydroxylation sites is 1. The Kier molecular flexibility index (Phi) is 3.46. The fourth-order valence-electron chi connectivity index (χ4n) is 1.95. The third kappa shape index (κ3) is 2.77. The van der Waals surface area contributed by atoms with Gasteiger partial charge in [0, 0.05) is 5.69 Å². The highest BCUT2D eigenvalue weighted by atomic mass is 16.1. The van der Waals surface area contributed by atoms with Gasteiger partial charge in [-0.2, -0.15) is 0 Å². The molecule has 0 aliphatic heterocycles. The number of nitrogens with one attached hydrogen (secondary N) is 1. The predicted octanol–water partition coefficient (Wildman–Crippen LogP) is 1.57. The zero-order chi connectivity index (χ0) is 13.1. The first-order chi connectivity index (χ1) is 8.56. The highest BCUT2D eigenvalue weighted by molar-refractivity contribution is 5.91. The van der Waals surface area contributed by atoms with E-state index in [0.717, 1.165) is 16.8 Å². The number of aryl methyl sites for hydroxylation is 3. The number of aromatic nitrogens is 2. The second kappa shape index (κ2) is 5.04. The van der Waals surface area contributed by atoms with Gasteiger partial charge in [0.1, 0.15) is 12.4 Å². The van der Waals surface area contributed by atoms with E-state index in [4.69, 9.17) is 0 Å². The molecule has 4 heteroatoms. The molecule has 0 aliphatic rings. The van der Waals surface area contributed by atoms with Crippen molar-refractivity contribution in [3.8, 4) is 0 Å². The minimum absolute atomic E-state index is 0.0106. The maximum absolute atomic E-state index is 12.0. The molecule has 0 radical (unpaired) electrons. The fourth-order valence-corrected chi connectivity index (χ4v) is 1.95. The molecule has 0 saturated carbocycles. The van der Waals surface area contributed by atoms with Gasteiger partial charge in [-0.05, 0) is 25.0 Å². The van der Waals surface area contributed by atoms with Crippen molar-refractivity contribution in [2.75, 3.05) is 5.32 Å². The van der Waals surface area contributed by atoms with Gasteiger partial charge in [-0.1, -0.05) is 18.2 Å². The van der Waals surface area contributed by atoms with Crippen LogP contribution in [0.15, 0.2) is 36.9 Å². The topological polar surface area (TPSA) is 37.9 Å². The second-order valence-electron chi connectivity index (χ2n) is 4.57. The second-order valence-corrected chi connectivity index (χ2v) is 4.57. The summed E-state index contributed by atoms with van der Waals surface area (Å²) in [6.07, 6.45) is 5.67. The van der Waals surface area contributed by atoms with Crippen molar-refractivity contribution >= 4 is 11.6 Å². The van der Waals surface area contributed by atoms with Gasteiger partial charge >= 0.3 is 0 Å². The van der Waals surface area contributed by atoms with Crippen LogP contribution in [0.25, 0.3) is 0 Å². The van der Waals surface area contributed by atoms with Crippen LogP contribution in [0, 0.1) is 13.8 Å². The maximum atomic E-state index is 12.0. The molecule has 0 saturated heterocycles. The summed E-state index contributed by atoms with van der Waals surface area (Å²) in [5, 5.41) is 2.97. The molecule has 94 valence electrons. The van der Waals surface area contributed by atoms with Gasteiger partial charge in [-0.15, -0.1) is 0 Å². The van der Waals surface area contributed by atoms with Gasteiger partial charge in [-0.3, -0.25) is 4.79 Å². The van der Waals surface area contributed by atoms with E-state index < -0.39 is 0 Å². The third-order valence-corrected chi connectivity index (χ3v) is 2.90. The summed E-state index contributed by atoms with van der Waals surface area (Å²) in [6, 6.07) is 5.99. The minimum Gasteiger partial charge on any atom is -0.322 e. The molecule has 18 heavy (non-hydrogen) atoms. The summed E-state index contributed by atoms with van der Waals surface area (Å²) in [5.41, 5.74) is 3.09. The van der Waals surface area contributed by atoms with Crippen molar-refractivity contribution in [3.63, 3.8) is 0 Å². The third-order valence-electron chi connectivity index (χ3n) is 2.90. The molecule has 2 aromatic rings. The molecule has 1 N–H and O–H groups in total. The Labute approximate surface area is 107 Å².